The molecule has 0 aliphatic carbocycles. The molecule has 0 saturated heterocycles. The molecule has 422 valence electrons. The largest absolute Gasteiger partial charge is 2.00 e. The van der Waals surface area contributed by atoms with Crippen molar-refractivity contribution in [3.8, 4) is 0 Å². The summed E-state index contributed by atoms with van der Waals surface area (Å²) in [6.45, 7) is 42.3. The van der Waals surface area contributed by atoms with Crippen LogP contribution in [0, 0.1) is 140 Å². The summed E-state index contributed by atoms with van der Waals surface area (Å²) in [5.74, 6) is 0. The fraction of sp³-hybridized carbons (Fsp3) is 0.263. The van der Waals surface area contributed by atoms with E-state index in [1.54, 1.807) is 0 Å². The monoisotopic (exact) mass is 1390 g/mol. The summed E-state index contributed by atoms with van der Waals surface area (Å²) in [6, 6.07) is 71.0. The van der Waals surface area contributed by atoms with Crippen LogP contribution in [0.3, 0.4) is 0 Å². The molecule has 0 atom stereocenters. The number of aryl methyl sites for hydroxylation is 16. The standard InChI is InChI=1S/C14H16.C10H14.4C8H10.2C6H6.2C2H6.4CH3.2W/c1-9-5-13-7-11(3)12(4)8-14(13)6-10(9)2;1-7-5-9(3)10(4)6-8(7)2;4*1-7-5-3-4-6-8(7)2;2*1-2-4-6-5-3-1;2*1-2;;;;;;/h5-8H,1-4H3;5-6H,1-4H3;4*3-6H,1-2H3;2*1-6H;2*1-2H3;4*1H3;;/q;;;;;;;;;;4*-1;2*+2. The fourth-order valence-electron chi connectivity index (χ4n) is 6.33. The maximum atomic E-state index is 2.27. The molecule has 0 nitrogen and oxygen atoms in total. The summed E-state index contributed by atoms with van der Waals surface area (Å²) in [5, 5.41) is 2.72. The molecule has 9 rings (SSSR count). The van der Waals surface area contributed by atoms with E-state index < -0.39 is 0 Å². The fourth-order valence-corrected chi connectivity index (χ4v) is 6.33. The van der Waals surface area contributed by atoms with Gasteiger partial charge < -0.3 is 29.7 Å². The zero-order valence-corrected chi connectivity index (χ0v) is 59.3. The van der Waals surface area contributed by atoms with Crippen LogP contribution in [0.5, 0.6) is 0 Å². The van der Waals surface area contributed by atoms with E-state index in [4.69, 9.17) is 0 Å². The molecular formula is C76H106W2. The van der Waals surface area contributed by atoms with Crippen molar-refractivity contribution < 1.29 is 42.1 Å². The molecule has 0 saturated carbocycles. The van der Waals surface area contributed by atoms with Crippen LogP contribution in [0.1, 0.15) is 117 Å². The predicted molar refractivity (Wildman–Crippen MR) is 353 cm³/mol. The van der Waals surface area contributed by atoms with Gasteiger partial charge >= 0.3 is 42.1 Å². The molecule has 0 spiro atoms. The Bertz CT molecular complexity index is 2300. The third kappa shape index (κ3) is 38.2. The van der Waals surface area contributed by atoms with E-state index in [1.807, 2.05) is 100 Å². The first kappa shape index (κ1) is 86.5. The number of benzene rings is 9. The molecule has 9 aromatic carbocycles. The number of hydrogen-bond acceptors (Lipinski definition) is 0. The van der Waals surface area contributed by atoms with E-state index in [-0.39, 0.29) is 71.8 Å². The van der Waals surface area contributed by atoms with Crippen molar-refractivity contribution >= 4 is 10.8 Å². The smallest absolute Gasteiger partial charge is 0.358 e. The number of hydrogen-bond donors (Lipinski definition) is 0. The van der Waals surface area contributed by atoms with Crippen LogP contribution in [-0.4, -0.2) is 0 Å². The first-order valence-corrected chi connectivity index (χ1v) is 26.0. The zero-order valence-electron chi connectivity index (χ0n) is 53.4. The summed E-state index contributed by atoms with van der Waals surface area (Å²) in [5.41, 5.74) is 22.0. The molecule has 78 heavy (non-hydrogen) atoms. The molecule has 2 heteroatoms. The molecule has 0 radical (unpaired) electrons. The Morgan fingerprint density at radius 1 is 0.154 bits per heavy atom. The average molecular weight is 1390 g/mol. The molecule has 0 N–H and O–H groups in total. The van der Waals surface area contributed by atoms with Crippen molar-refractivity contribution in [3.05, 3.63) is 325 Å². The van der Waals surface area contributed by atoms with Crippen molar-refractivity contribution in [2.45, 2.75) is 138 Å². The molecule has 0 fully saturated rings. The van der Waals surface area contributed by atoms with Crippen LogP contribution in [0.4, 0.5) is 0 Å². The van der Waals surface area contributed by atoms with Gasteiger partial charge in [0.05, 0.1) is 0 Å². The van der Waals surface area contributed by atoms with Crippen LogP contribution in [-0.2, 0) is 42.1 Å². The van der Waals surface area contributed by atoms with Gasteiger partial charge in [0.2, 0.25) is 0 Å². The minimum absolute atomic E-state index is 0. The third-order valence-corrected chi connectivity index (χ3v) is 12.2. The first-order chi connectivity index (χ1) is 34.4. The van der Waals surface area contributed by atoms with Gasteiger partial charge in [0, 0.05) is 0 Å². The SMILES string of the molecule is CC.CC.Cc1cc(C)c(C)cc1C.Cc1cc2cc(C)c(C)cc2cc1C.Cc1ccccc1C.Cc1ccccc1C.Cc1ccccc1C.Cc1ccccc1C.[CH3-].[CH3-].[CH3-].[CH3-].[W+2].[W+2].c1ccccc1.c1ccccc1. The summed E-state index contributed by atoms with van der Waals surface area (Å²) in [7, 11) is 0. The Morgan fingerprint density at radius 2 is 0.256 bits per heavy atom. The molecule has 0 unspecified atom stereocenters. The van der Waals surface area contributed by atoms with E-state index in [1.165, 1.54) is 99.8 Å². The quantitative estimate of drug-likeness (QED) is 0.133. The van der Waals surface area contributed by atoms with Crippen LogP contribution in [0.25, 0.3) is 10.8 Å². The van der Waals surface area contributed by atoms with Crippen LogP contribution < -0.4 is 0 Å². The predicted octanol–water partition coefficient (Wildman–Crippen LogP) is 23.4. The summed E-state index contributed by atoms with van der Waals surface area (Å²) in [6.07, 6.45) is 0. The zero-order chi connectivity index (χ0) is 54.4. The van der Waals surface area contributed by atoms with Gasteiger partial charge in [-0.25, -0.2) is 0 Å². The van der Waals surface area contributed by atoms with Crippen molar-refractivity contribution in [2.24, 2.45) is 0 Å². The van der Waals surface area contributed by atoms with E-state index in [0.717, 1.165) is 0 Å². The first-order valence-electron chi connectivity index (χ1n) is 26.0. The van der Waals surface area contributed by atoms with Crippen LogP contribution in [0.2, 0.25) is 0 Å². The van der Waals surface area contributed by atoms with E-state index in [2.05, 4.69) is 244 Å². The molecule has 0 amide bonds. The topological polar surface area (TPSA) is 0 Å². The van der Waals surface area contributed by atoms with Gasteiger partial charge in [-0.1, -0.05) is 234 Å². The van der Waals surface area contributed by atoms with Gasteiger partial charge in [0.15, 0.2) is 0 Å². The Morgan fingerprint density at radius 3 is 0.359 bits per heavy atom. The summed E-state index contributed by atoms with van der Waals surface area (Å²) >= 11 is 0. The molecule has 9 aromatic rings. The number of rotatable bonds is 0. The van der Waals surface area contributed by atoms with Gasteiger partial charge in [-0.3, -0.25) is 0 Å². The van der Waals surface area contributed by atoms with Gasteiger partial charge in [0.25, 0.3) is 0 Å². The normalized spacial score (nSPS) is 8.41. The number of fused-ring (bicyclic) bond motifs is 1. The minimum atomic E-state index is 0. The van der Waals surface area contributed by atoms with Gasteiger partial charge in [0.1, 0.15) is 0 Å². The second-order valence-electron chi connectivity index (χ2n) is 17.9. The molecular weight excluding hydrogens is 1280 g/mol. The summed E-state index contributed by atoms with van der Waals surface area (Å²) in [4.78, 5) is 0. The maximum Gasteiger partial charge on any atom is 2.00 e. The second-order valence-corrected chi connectivity index (χ2v) is 17.9. The van der Waals surface area contributed by atoms with E-state index >= 15 is 0 Å². The van der Waals surface area contributed by atoms with E-state index in [9.17, 15) is 0 Å². The third-order valence-electron chi connectivity index (χ3n) is 12.2. The second kappa shape index (κ2) is 52.3. The molecule has 0 aliphatic rings. The van der Waals surface area contributed by atoms with Crippen LogP contribution in [0.15, 0.2) is 206 Å². The Labute approximate surface area is 512 Å². The minimum Gasteiger partial charge on any atom is -0.358 e. The Balaban J connectivity index is -0.000000146. The molecule has 0 bridgehead atoms. The van der Waals surface area contributed by atoms with E-state index in [0.29, 0.717) is 0 Å². The Kier molecular flexibility index (Phi) is 58.0. The van der Waals surface area contributed by atoms with Crippen LogP contribution >= 0.6 is 0 Å². The average Bonchev–Trinajstić information content (AvgIpc) is 3.39. The van der Waals surface area contributed by atoms with Crippen molar-refractivity contribution in [3.63, 3.8) is 0 Å². The van der Waals surface area contributed by atoms with Gasteiger partial charge in [-0.2, -0.15) is 0 Å². The Hall–Kier alpha value is -5.38. The summed E-state index contributed by atoms with van der Waals surface area (Å²) < 4.78 is 0. The van der Waals surface area contributed by atoms with Gasteiger partial charge in [-0.15, -0.1) is 0 Å². The van der Waals surface area contributed by atoms with Crippen molar-refractivity contribution in [1.29, 1.82) is 0 Å². The van der Waals surface area contributed by atoms with Gasteiger partial charge in [-0.05, 0) is 211 Å². The van der Waals surface area contributed by atoms with Crippen molar-refractivity contribution in [1.82, 2.24) is 0 Å². The molecule has 0 heterocycles. The maximum absolute atomic E-state index is 2.27. The molecule has 0 aliphatic heterocycles. The van der Waals surface area contributed by atoms with Crippen molar-refractivity contribution in [2.75, 3.05) is 0 Å². The molecule has 0 aromatic heterocycles.